The lowest BCUT2D eigenvalue weighted by Crippen LogP contribution is -2.59. The molecule has 174 valence electrons. The van der Waals surface area contributed by atoms with Crippen molar-refractivity contribution < 1.29 is 0 Å². The molecule has 4 heterocycles. The summed E-state index contributed by atoms with van der Waals surface area (Å²) in [6, 6.07) is 0. The fourth-order valence-corrected chi connectivity index (χ4v) is 5.06. The summed E-state index contributed by atoms with van der Waals surface area (Å²) < 4.78 is 0. The molecule has 0 saturated carbocycles. The van der Waals surface area contributed by atoms with E-state index in [0.717, 1.165) is 59.3 Å². The molecule has 0 radical (unpaired) electrons. The van der Waals surface area contributed by atoms with Crippen molar-refractivity contribution in [1.29, 1.82) is 0 Å². The van der Waals surface area contributed by atoms with E-state index < -0.39 is 0 Å². The van der Waals surface area contributed by atoms with E-state index in [2.05, 4.69) is 45.3 Å². The molecule has 30 heavy (non-hydrogen) atoms. The molecule has 3 N–H and O–H groups in total. The molecule has 4 saturated heterocycles. The largest absolute Gasteiger partial charge is 0.314 e. The van der Waals surface area contributed by atoms with Crippen molar-refractivity contribution in [3.8, 4) is 0 Å². The van der Waals surface area contributed by atoms with Gasteiger partial charge in [0.05, 0.1) is 20.0 Å². The molecule has 0 unspecified atom stereocenters. The van der Waals surface area contributed by atoms with Crippen LogP contribution in [0.15, 0.2) is 0 Å². The number of nitrogens with zero attached hydrogens (tertiary/aromatic N) is 6. The fourth-order valence-electron chi connectivity index (χ4n) is 5.06. The van der Waals surface area contributed by atoms with E-state index in [1.807, 2.05) is 0 Å². The van der Waals surface area contributed by atoms with E-state index >= 15 is 0 Å². The van der Waals surface area contributed by atoms with Crippen LogP contribution in [-0.4, -0.2) is 167 Å². The van der Waals surface area contributed by atoms with Crippen molar-refractivity contribution in [3.63, 3.8) is 0 Å². The molecule has 0 bridgehead atoms. The van der Waals surface area contributed by atoms with E-state index in [9.17, 15) is 0 Å². The van der Waals surface area contributed by atoms with Gasteiger partial charge in [-0.3, -0.25) is 29.4 Å². The quantitative estimate of drug-likeness (QED) is 0.373. The fraction of sp³-hybridized carbons (Fsp3) is 1.00. The highest BCUT2D eigenvalue weighted by molar-refractivity contribution is 4.77. The lowest BCUT2D eigenvalue weighted by atomic mass is 10.3. The third kappa shape index (κ3) is 7.65. The summed E-state index contributed by atoms with van der Waals surface area (Å²) in [5.74, 6) is 0. The number of hydrogen-bond donors (Lipinski definition) is 3. The minimum atomic E-state index is 1.13. The molecule has 9 nitrogen and oxygen atoms in total. The molecule has 4 aliphatic rings. The Kier molecular flexibility index (Phi) is 9.60. The molecule has 0 spiro atoms. The molecule has 0 aromatic carbocycles. The van der Waals surface area contributed by atoms with E-state index in [1.165, 1.54) is 78.5 Å². The molecule has 4 fully saturated rings. The van der Waals surface area contributed by atoms with Crippen LogP contribution in [0.2, 0.25) is 0 Å². The molecular weight excluding hydrogens is 378 g/mol. The first-order chi connectivity index (χ1) is 14.8. The van der Waals surface area contributed by atoms with Crippen molar-refractivity contribution in [3.05, 3.63) is 0 Å². The van der Waals surface area contributed by atoms with E-state index in [1.54, 1.807) is 0 Å². The second-order valence-electron chi connectivity index (χ2n) is 9.38. The Hall–Kier alpha value is -0.360. The Balaban J connectivity index is 1.24. The van der Waals surface area contributed by atoms with Gasteiger partial charge in [0.15, 0.2) is 0 Å². The van der Waals surface area contributed by atoms with E-state index in [4.69, 9.17) is 0 Å². The van der Waals surface area contributed by atoms with E-state index in [0.29, 0.717) is 0 Å². The van der Waals surface area contributed by atoms with Crippen LogP contribution < -0.4 is 16.0 Å². The number of piperazine rings is 3. The minimum absolute atomic E-state index is 1.13. The van der Waals surface area contributed by atoms with Crippen molar-refractivity contribution in [2.75, 3.05) is 138 Å². The third-order valence-electron chi connectivity index (χ3n) is 7.03. The van der Waals surface area contributed by atoms with Crippen molar-refractivity contribution in [2.45, 2.75) is 0 Å². The lowest BCUT2D eigenvalue weighted by molar-refractivity contribution is -0.0392. The summed E-state index contributed by atoms with van der Waals surface area (Å²) in [5, 5.41) is 10.4. The molecule has 0 aromatic heterocycles. The van der Waals surface area contributed by atoms with Crippen LogP contribution in [0, 0.1) is 0 Å². The Morgan fingerprint density at radius 2 is 0.567 bits per heavy atom. The summed E-state index contributed by atoms with van der Waals surface area (Å²) in [5.41, 5.74) is 0. The van der Waals surface area contributed by atoms with Crippen LogP contribution in [0.25, 0.3) is 0 Å². The number of rotatable bonds is 9. The Morgan fingerprint density at radius 3 is 0.833 bits per heavy atom. The van der Waals surface area contributed by atoms with Gasteiger partial charge in [-0.2, -0.15) is 0 Å². The van der Waals surface area contributed by atoms with Crippen LogP contribution in [0.3, 0.4) is 0 Å². The predicted molar refractivity (Wildman–Crippen MR) is 123 cm³/mol. The standard InChI is InChI=1S/C21H45N9/c1-7-25(8-2-22-1)13-16-28-19-29(17-14-26-9-3-23-4-10-26)21-30(20-28)18-15-27-11-5-24-6-12-27/h22-24H,1-21H2. The van der Waals surface area contributed by atoms with Gasteiger partial charge in [-0.15, -0.1) is 0 Å². The molecule has 0 aromatic rings. The zero-order chi connectivity index (χ0) is 20.4. The molecule has 4 aliphatic heterocycles. The van der Waals surface area contributed by atoms with Gasteiger partial charge in [0.1, 0.15) is 0 Å². The predicted octanol–water partition coefficient (Wildman–Crippen LogP) is -2.51. The highest BCUT2D eigenvalue weighted by Crippen LogP contribution is 2.09. The first-order valence-electron chi connectivity index (χ1n) is 12.3. The number of nitrogens with one attached hydrogen (secondary N) is 3. The minimum Gasteiger partial charge on any atom is -0.314 e. The molecule has 4 rings (SSSR count). The summed E-state index contributed by atoms with van der Waals surface area (Å²) in [7, 11) is 0. The van der Waals surface area contributed by atoms with Crippen LogP contribution >= 0.6 is 0 Å². The second-order valence-corrected chi connectivity index (χ2v) is 9.38. The van der Waals surface area contributed by atoms with Gasteiger partial charge in [-0.1, -0.05) is 0 Å². The maximum absolute atomic E-state index is 3.47. The molecule has 0 amide bonds. The van der Waals surface area contributed by atoms with Crippen LogP contribution in [-0.2, 0) is 0 Å². The van der Waals surface area contributed by atoms with Crippen LogP contribution in [0.5, 0.6) is 0 Å². The zero-order valence-electron chi connectivity index (χ0n) is 19.0. The molecule has 9 heteroatoms. The van der Waals surface area contributed by atoms with E-state index in [-0.39, 0.29) is 0 Å². The molecule has 0 aliphatic carbocycles. The average molecular weight is 424 g/mol. The molecule has 0 atom stereocenters. The Bertz CT molecular complexity index is 389. The van der Waals surface area contributed by atoms with Crippen molar-refractivity contribution in [1.82, 2.24) is 45.3 Å². The van der Waals surface area contributed by atoms with Crippen LogP contribution in [0.1, 0.15) is 0 Å². The lowest BCUT2D eigenvalue weighted by Gasteiger charge is -2.44. The van der Waals surface area contributed by atoms with Gasteiger partial charge in [0.2, 0.25) is 0 Å². The van der Waals surface area contributed by atoms with Gasteiger partial charge in [-0.25, -0.2) is 0 Å². The first-order valence-corrected chi connectivity index (χ1v) is 12.3. The van der Waals surface area contributed by atoms with Crippen LogP contribution in [0.4, 0.5) is 0 Å². The monoisotopic (exact) mass is 423 g/mol. The maximum Gasteiger partial charge on any atom is 0.0531 e. The van der Waals surface area contributed by atoms with Crippen molar-refractivity contribution in [2.24, 2.45) is 0 Å². The summed E-state index contributed by atoms with van der Waals surface area (Å²) in [4.78, 5) is 15.9. The Labute approximate surface area is 183 Å². The number of hydrogen-bond acceptors (Lipinski definition) is 9. The van der Waals surface area contributed by atoms with Gasteiger partial charge in [0.25, 0.3) is 0 Å². The molecular formula is C21H45N9. The third-order valence-corrected chi connectivity index (χ3v) is 7.03. The van der Waals surface area contributed by atoms with Gasteiger partial charge < -0.3 is 16.0 Å². The highest BCUT2D eigenvalue weighted by Gasteiger charge is 2.25. The summed E-state index contributed by atoms with van der Waals surface area (Å²) >= 11 is 0. The Morgan fingerprint density at radius 1 is 0.333 bits per heavy atom. The van der Waals surface area contributed by atoms with Gasteiger partial charge in [-0.05, 0) is 0 Å². The first kappa shape index (κ1) is 22.8. The van der Waals surface area contributed by atoms with Crippen molar-refractivity contribution >= 4 is 0 Å². The normalized spacial score (nSPS) is 27.6. The smallest absolute Gasteiger partial charge is 0.0531 e. The van der Waals surface area contributed by atoms with Gasteiger partial charge >= 0.3 is 0 Å². The summed E-state index contributed by atoms with van der Waals surface area (Å²) in [6.45, 7) is 24.7. The maximum atomic E-state index is 3.47. The topological polar surface area (TPSA) is 55.5 Å². The van der Waals surface area contributed by atoms with Gasteiger partial charge in [0, 0.05) is 118 Å². The highest BCUT2D eigenvalue weighted by atomic mass is 15.5. The second kappa shape index (κ2) is 12.6. The SMILES string of the molecule is C1CN(CCN2CN(CCN3CCNCC3)CN(CCN3CCNCC3)C2)CCN1. The zero-order valence-corrected chi connectivity index (χ0v) is 19.0. The average Bonchev–Trinajstić information content (AvgIpc) is 2.82. The summed E-state index contributed by atoms with van der Waals surface area (Å²) in [6.07, 6.45) is 0.